The third kappa shape index (κ3) is 2.41. The summed E-state index contributed by atoms with van der Waals surface area (Å²) in [5.74, 6) is 0. The highest BCUT2D eigenvalue weighted by atomic mass is 79.9. The monoisotopic (exact) mass is 358 g/mol. The van der Waals surface area contributed by atoms with Gasteiger partial charge in [0.05, 0.1) is 4.83 Å². The van der Waals surface area contributed by atoms with Gasteiger partial charge in [-0.2, -0.15) is 0 Å². The van der Waals surface area contributed by atoms with Gasteiger partial charge in [-0.05, 0) is 52.4 Å². The topological polar surface area (TPSA) is 0 Å². The van der Waals surface area contributed by atoms with Crippen LogP contribution in [0, 0.1) is 13.8 Å². The van der Waals surface area contributed by atoms with E-state index in [1.165, 1.54) is 26.0 Å². The van der Waals surface area contributed by atoms with Crippen molar-refractivity contribution in [2.75, 3.05) is 0 Å². The van der Waals surface area contributed by atoms with Crippen LogP contribution in [0.15, 0.2) is 34.1 Å². The van der Waals surface area contributed by atoms with Crippen molar-refractivity contribution in [1.82, 2.24) is 0 Å². The highest BCUT2D eigenvalue weighted by Gasteiger charge is 2.16. The van der Waals surface area contributed by atoms with Crippen LogP contribution in [0.5, 0.6) is 0 Å². The molecule has 0 fully saturated rings. The Labute approximate surface area is 117 Å². The van der Waals surface area contributed by atoms with Gasteiger partial charge in [0.25, 0.3) is 0 Å². The third-order valence-electron chi connectivity index (χ3n) is 2.58. The quantitative estimate of drug-likeness (QED) is 0.611. The molecule has 3 heteroatoms. The molecule has 84 valence electrons. The average molecular weight is 360 g/mol. The highest BCUT2D eigenvalue weighted by Crippen LogP contribution is 2.40. The molecule has 0 nitrogen and oxygen atoms in total. The van der Waals surface area contributed by atoms with E-state index in [-0.39, 0.29) is 4.83 Å². The van der Waals surface area contributed by atoms with E-state index < -0.39 is 0 Å². The number of aryl methyl sites for hydroxylation is 2. The van der Waals surface area contributed by atoms with Crippen LogP contribution in [0.4, 0.5) is 0 Å². The standard InChI is InChI=1S/C13H12Br2S/c1-8-3-4-9(2)10(7-8)12(15)13-11(14)5-6-16-13/h3-7,12H,1-2H3. The minimum atomic E-state index is 0.279. The Morgan fingerprint density at radius 3 is 2.56 bits per heavy atom. The molecule has 1 unspecified atom stereocenters. The summed E-state index contributed by atoms with van der Waals surface area (Å²) in [4.78, 5) is 1.61. The van der Waals surface area contributed by atoms with Gasteiger partial charge in [0.2, 0.25) is 0 Å². The Morgan fingerprint density at radius 2 is 1.94 bits per heavy atom. The zero-order valence-electron chi connectivity index (χ0n) is 9.13. The Morgan fingerprint density at radius 1 is 1.19 bits per heavy atom. The van der Waals surface area contributed by atoms with Crippen molar-refractivity contribution in [2.45, 2.75) is 18.7 Å². The SMILES string of the molecule is Cc1ccc(C)c(C(Br)c2sccc2Br)c1. The molecule has 0 saturated carbocycles. The summed E-state index contributed by atoms with van der Waals surface area (Å²) in [6.45, 7) is 4.29. The summed E-state index contributed by atoms with van der Waals surface area (Å²) in [5.41, 5.74) is 3.98. The molecule has 1 aromatic carbocycles. The molecule has 0 amide bonds. The number of halogens is 2. The first-order valence-corrected chi connectivity index (χ1v) is 7.62. The number of thiophene rings is 1. The zero-order chi connectivity index (χ0) is 11.7. The first kappa shape index (κ1) is 12.3. The maximum atomic E-state index is 3.79. The number of hydrogen-bond acceptors (Lipinski definition) is 1. The van der Waals surface area contributed by atoms with E-state index in [2.05, 4.69) is 75.4 Å². The van der Waals surface area contributed by atoms with Crippen LogP contribution in [0.25, 0.3) is 0 Å². The van der Waals surface area contributed by atoms with Gasteiger partial charge in [0, 0.05) is 9.35 Å². The van der Waals surface area contributed by atoms with Gasteiger partial charge < -0.3 is 0 Å². The minimum Gasteiger partial charge on any atom is -0.146 e. The van der Waals surface area contributed by atoms with Crippen molar-refractivity contribution in [3.05, 3.63) is 55.7 Å². The van der Waals surface area contributed by atoms with Gasteiger partial charge in [0.15, 0.2) is 0 Å². The Bertz CT molecular complexity index is 502. The van der Waals surface area contributed by atoms with Crippen molar-refractivity contribution in [2.24, 2.45) is 0 Å². The molecule has 0 aliphatic heterocycles. The molecule has 0 N–H and O–H groups in total. The van der Waals surface area contributed by atoms with Crippen LogP contribution in [0.1, 0.15) is 26.4 Å². The lowest BCUT2D eigenvalue weighted by Crippen LogP contribution is -1.95. The zero-order valence-corrected chi connectivity index (χ0v) is 13.1. The van der Waals surface area contributed by atoms with Crippen LogP contribution < -0.4 is 0 Å². The Balaban J connectivity index is 2.45. The van der Waals surface area contributed by atoms with E-state index in [1.54, 1.807) is 11.3 Å². The molecule has 0 aliphatic carbocycles. The van der Waals surface area contributed by atoms with Gasteiger partial charge in [-0.25, -0.2) is 0 Å². The molecule has 0 bridgehead atoms. The Hall–Kier alpha value is -0.120. The molecule has 0 aliphatic rings. The molecule has 2 rings (SSSR count). The van der Waals surface area contributed by atoms with Gasteiger partial charge >= 0.3 is 0 Å². The van der Waals surface area contributed by atoms with Crippen LogP contribution in [-0.4, -0.2) is 0 Å². The van der Waals surface area contributed by atoms with Crippen molar-refractivity contribution < 1.29 is 0 Å². The number of alkyl halides is 1. The van der Waals surface area contributed by atoms with E-state index in [1.807, 2.05) is 0 Å². The van der Waals surface area contributed by atoms with E-state index in [0.29, 0.717) is 0 Å². The molecule has 1 atom stereocenters. The third-order valence-corrected chi connectivity index (χ3v) is 5.77. The number of rotatable bonds is 2. The van der Waals surface area contributed by atoms with E-state index in [0.717, 1.165) is 0 Å². The van der Waals surface area contributed by atoms with Gasteiger partial charge in [-0.1, -0.05) is 39.7 Å². The van der Waals surface area contributed by atoms with Crippen molar-refractivity contribution in [1.29, 1.82) is 0 Å². The fourth-order valence-corrected chi connectivity index (χ4v) is 4.63. The summed E-state index contributed by atoms with van der Waals surface area (Å²) < 4.78 is 1.18. The van der Waals surface area contributed by atoms with Crippen LogP contribution in [0.2, 0.25) is 0 Å². The second-order valence-corrected chi connectivity index (χ2v) is 6.57. The maximum absolute atomic E-state index is 3.79. The first-order chi connectivity index (χ1) is 7.59. The molecule has 0 saturated heterocycles. The second kappa shape index (κ2) is 5.03. The summed E-state index contributed by atoms with van der Waals surface area (Å²) in [6, 6.07) is 8.68. The van der Waals surface area contributed by atoms with Crippen molar-refractivity contribution in [3.8, 4) is 0 Å². The van der Waals surface area contributed by atoms with Crippen molar-refractivity contribution in [3.63, 3.8) is 0 Å². The lowest BCUT2D eigenvalue weighted by atomic mass is 10.0. The van der Waals surface area contributed by atoms with E-state index in [9.17, 15) is 0 Å². The Kier molecular flexibility index (Phi) is 3.88. The van der Waals surface area contributed by atoms with Gasteiger partial charge in [-0.3, -0.25) is 0 Å². The summed E-state index contributed by atoms with van der Waals surface area (Å²) in [7, 11) is 0. The molecular formula is C13H12Br2S. The van der Waals surface area contributed by atoms with Crippen LogP contribution in [-0.2, 0) is 0 Å². The molecule has 1 aromatic heterocycles. The van der Waals surface area contributed by atoms with Crippen LogP contribution in [0.3, 0.4) is 0 Å². The normalized spacial score (nSPS) is 12.8. The minimum absolute atomic E-state index is 0.279. The summed E-state index contributed by atoms with van der Waals surface area (Å²) in [6.07, 6.45) is 0. The largest absolute Gasteiger partial charge is 0.146 e. The molecular weight excluding hydrogens is 348 g/mol. The van der Waals surface area contributed by atoms with Gasteiger partial charge in [0.1, 0.15) is 0 Å². The lowest BCUT2D eigenvalue weighted by Gasteiger charge is -2.13. The first-order valence-electron chi connectivity index (χ1n) is 5.03. The van der Waals surface area contributed by atoms with Gasteiger partial charge in [-0.15, -0.1) is 11.3 Å². The van der Waals surface area contributed by atoms with Crippen molar-refractivity contribution >= 4 is 43.2 Å². The molecule has 16 heavy (non-hydrogen) atoms. The fraction of sp³-hybridized carbons (Fsp3) is 0.231. The summed E-state index contributed by atoms with van der Waals surface area (Å²) >= 11 is 9.15. The predicted molar refractivity (Wildman–Crippen MR) is 78.7 cm³/mol. The predicted octanol–water partition coefficient (Wildman–Crippen LogP) is 5.61. The average Bonchev–Trinajstić information content (AvgIpc) is 2.67. The number of benzene rings is 1. The number of hydrogen-bond donors (Lipinski definition) is 0. The van der Waals surface area contributed by atoms with Crippen LogP contribution >= 0.6 is 43.2 Å². The smallest absolute Gasteiger partial charge is 0.0752 e. The fourth-order valence-electron chi connectivity index (χ4n) is 1.66. The molecule has 0 radical (unpaired) electrons. The maximum Gasteiger partial charge on any atom is 0.0752 e. The van der Waals surface area contributed by atoms with E-state index >= 15 is 0 Å². The highest BCUT2D eigenvalue weighted by molar-refractivity contribution is 9.11. The molecule has 0 spiro atoms. The molecule has 1 heterocycles. The summed E-state index contributed by atoms with van der Waals surface area (Å²) in [5, 5.41) is 2.11. The lowest BCUT2D eigenvalue weighted by molar-refractivity contribution is 1.16. The molecule has 2 aromatic rings. The van der Waals surface area contributed by atoms with E-state index in [4.69, 9.17) is 0 Å². The second-order valence-electron chi connectivity index (χ2n) is 3.86.